The van der Waals surface area contributed by atoms with Gasteiger partial charge in [-0.25, -0.2) is 4.98 Å². The van der Waals surface area contributed by atoms with E-state index in [0.717, 1.165) is 37.3 Å². The molecule has 0 atom stereocenters. The molecule has 26 heavy (non-hydrogen) atoms. The van der Waals surface area contributed by atoms with Crippen LogP contribution in [-0.4, -0.2) is 30.1 Å². The second-order valence-electron chi connectivity index (χ2n) is 7.06. The van der Waals surface area contributed by atoms with Gasteiger partial charge >= 0.3 is 5.97 Å². The van der Waals surface area contributed by atoms with Crippen molar-refractivity contribution >= 4 is 35.0 Å². The van der Waals surface area contributed by atoms with Gasteiger partial charge in [0, 0.05) is 37.2 Å². The predicted octanol–water partition coefficient (Wildman–Crippen LogP) is 4.88. The molecule has 1 fully saturated rings. The summed E-state index contributed by atoms with van der Waals surface area (Å²) in [5.74, 6) is 0.682. The molecule has 0 bridgehead atoms. The fourth-order valence-corrected chi connectivity index (χ4v) is 3.35. The van der Waals surface area contributed by atoms with E-state index in [1.54, 1.807) is 12.3 Å². The Labute approximate surface area is 164 Å². The van der Waals surface area contributed by atoms with Crippen molar-refractivity contribution in [1.82, 2.24) is 4.98 Å². The molecular weight excluding hydrogens is 371 g/mol. The molecule has 1 aromatic carbocycles. The summed E-state index contributed by atoms with van der Waals surface area (Å²) >= 11 is 11.9. The molecule has 1 aromatic heterocycles. The van der Waals surface area contributed by atoms with Crippen LogP contribution in [0, 0.1) is 0 Å². The van der Waals surface area contributed by atoms with Crippen LogP contribution in [0.4, 0.5) is 5.82 Å². The molecule has 1 saturated heterocycles. The number of rotatable bonds is 4. The normalized spacial score (nSPS) is 15.8. The Bertz CT molecular complexity index is 770. The molecule has 2 heterocycles. The van der Waals surface area contributed by atoms with E-state index in [-0.39, 0.29) is 12.1 Å². The predicted molar refractivity (Wildman–Crippen MR) is 105 cm³/mol. The van der Waals surface area contributed by atoms with Crippen molar-refractivity contribution in [2.24, 2.45) is 0 Å². The third-order valence-corrected chi connectivity index (χ3v) is 5.27. The van der Waals surface area contributed by atoms with E-state index in [4.69, 9.17) is 27.9 Å². The van der Waals surface area contributed by atoms with E-state index < -0.39 is 5.41 Å². The van der Waals surface area contributed by atoms with Crippen LogP contribution in [-0.2, 0) is 14.9 Å². The van der Waals surface area contributed by atoms with Crippen molar-refractivity contribution in [3.63, 3.8) is 0 Å². The molecule has 4 nitrogen and oxygen atoms in total. The lowest BCUT2D eigenvalue weighted by atomic mass is 9.84. The molecule has 1 aliphatic heterocycles. The summed E-state index contributed by atoms with van der Waals surface area (Å²) in [5.41, 5.74) is 0.123. The molecule has 0 spiro atoms. The van der Waals surface area contributed by atoms with Gasteiger partial charge in [-0.2, -0.15) is 0 Å². The monoisotopic (exact) mass is 392 g/mol. The Balaban J connectivity index is 1.58. The van der Waals surface area contributed by atoms with Crippen LogP contribution in [0.3, 0.4) is 0 Å². The Morgan fingerprint density at radius 2 is 1.88 bits per heavy atom. The zero-order valence-corrected chi connectivity index (χ0v) is 16.4. The zero-order valence-electron chi connectivity index (χ0n) is 14.9. The highest BCUT2D eigenvalue weighted by Gasteiger charge is 2.34. The molecule has 0 N–H and O–H groups in total. The fraction of sp³-hybridized carbons (Fsp3) is 0.400. The third-order valence-electron chi connectivity index (χ3n) is 4.81. The molecule has 138 valence electrons. The van der Waals surface area contributed by atoms with Crippen molar-refractivity contribution in [2.45, 2.75) is 38.2 Å². The van der Waals surface area contributed by atoms with Gasteiger partial charge in [-0.05, 0) is 43.7 Å². The van der Waals surface area contributed by atoms with Crippen molar-refractivity contribution in [3.05, 3.63) is 58.2 Å². The first-order valence-electron chi connectivity index (χ1n) is 8.70. The van der Waals surface area contributed by atoms with Crippen LogP contribution in [0.15, 0.2) is 42.6 Å². The van der Waals surface area contributed by atoms with Crippen LogP contribution in [0.25, 0.3) is 0 Å². The number of anilines is 1. The lowest BCUT2D eigenvalue weighted by Crippen LogP contribution is -2.41. The average Bonchev–Trinajstić information content (AvgIpc) is 2.63. The minimum absolute atomic E-state index is 0.0792. The van der Waals surface area contributed by atoms with Gasteiger partial charge in [-0.15, -0.1) is 0 Å². The van der Waals surface area contributed by atoms with Crippen molar-refractivity contribution < 1.29 is 9.53 Å². The maximum Gasteiger partial charge on any atom is 0.316 e. The van der Waals surface area contributed by atoms with E-state index in [1.807, 2.05) is 44.2 Å². The third kappa shape index (κ3) is 4.30. The smallest absolute Gasteiger partial charge is 0.316 e. The van der Waals surface area contributed by atoms with Crippen LogP contribution in [0.1, 0.15) is 32.3 Å². The summed E-state index contributed by atoms with van der Waals surface area (Å²) in [5, 5.41) is 1.24. The number of aromatic nitrogens is 1. The Morgan fingerprint density at radius 1 is 1.15 bits per heavy atom. The molecule has 0 amide bonds. The number of hydrogen-bond donors (Lipinski definition) is 0. The Hall–Kier alpha value is -1.78. The summed E-state index contributed by atoms with van der Waals surface area (Å²) in [6.45, 7) is 5.33. The van der Waals surface area contributed by atoms with Crippen molar-refractivity contribution in [1.29, 1.82) is 0 Å². The van der Waals surface area contributed by atoms with Crippen molar-refractivity contribution in [3.8, 4) is 0 Å². The number of ether oxygens (including phenoxy) is 1. The van der Waals surface area contributed by atoms with Gasteiger partial charge in [0.15, 0.2) is 0 Å². The van der Waals surface area contributed by atoms with Crippen molar-refractivity contribution in [2.75, 3.05) is 18.0 Å². The molecule has 2 aromatic rings. The van der Waals surface area contributed by atoms with E-state index in [1.165, 1.54) is 0 Å². The Morgan fingerprint density at radius 3 is 2.50 bits per heavy atom. The van der Waals surface area contributed by atoms with Gasteiger partial charge in [0.05, 0.1) is 10.4 Å². The first-order valence-corrected chi connectivity index (χ1v) is 9.45. The lowest BCUT2D eigenvalue weighted by molar-refractivity contribution is -0.155. The van der Waals surface area contributed by atoms with Crippen LogP contribution in [0.5, 0.6) is 0 Å². The fourth-order valence-electron chi connectivity index (χ4n) is 3.05. The summed E-state index contributed by atoms with van der Waals surface area (Å²) < 4.78 is 5.80. The average molecular weight is 393 g/mol. The summed E-state index contributed by atoms with van der Waals surface area (Å²) in [6.07, 6.45) is 3.13. The highest BCUT2D eigenvalue weighted by Crippen LogP contribution is 2.29. The van der Waals surface area contributed by atoms with E-state index in [0.29, 0.717) is 10.0 Å². The Kier molecular flexibility index (Phi) is 5.73. The van der Waals surface area contributed by atoms with Gasteiger partial charge in [-0.3, -0.25) is 4.79 Å². The number of benzene rings is 1. The molecule has 0 saturated carbocycles. The van der Waals surface area contributed by atoms with Crippen LogP contribution >= 0.6 is 23.2 Å². The van der Waals surface area contributed by atoms with Gasteiger partial charge in [0.2, 0.25) is 0 Å². The van der Waals surface area contributed by atoms with E-state index >= 15 is 0 Å². The minimum atomic E-state index is -0.736. The van der Waals surface area contributed by atoms with Gasteiger partial charge < -0.3 is 9.64 Å². The molecule has 6 heteroatoms. The topological polar surface area (TPSA) is 42.4 Å². The first-order chi connectivity index (χ1) is 12.4. The molecule has 0 aliphatic carbocycles. The highest BCUT2D eigenvalue weighted by molar-refractivity contribution is 6.30. The number of piperidine rings is 1. The largest absolute Gasteiger partial charge is 0.462 e. The lowest BCUT2D eigenvalue weighted by Gasteiger charge is -2.34. The quantitative estimate of drug-likeness (QED) is 0.695. The molecule has 0 unspecified atom stereocenters. The van der Waals surface area contributed by atoms with E-state index in [2.05, 4.69) is 9.88 Å². The number of esters is 1. The maximum atomic E-state index is 12.7. The number of carbonyl (C=O) groups is 1. The summed E-state index contributed by atoms with van der Waals surface area (Å²) in [7, 11) is 0. The molecular formula is C20H22Cl2N2O2. The van der Waals surface area contributed by atoms with Crippen LogP contribution in [0.2, 0.25) is 10.0 Å². The second kappa shape index (κ2) is 7.85. The summed E-state index contributed by atoms with van der Waals surface area (Å²) in [4.78, 5) is 19.3. The number of carbonyl (C=O) groups excluding carboxylic acids is 1. The SMILES string of the molecule is CC(C)(C(=O)OC1CCN(c2ccc(Cl)cn2)CC1)c1cccc(Cl)c1. The second-order valence-corrected chi connectivity index (χ2v) is 7.93. The number of hydrogen-bond acceptors (Lipinski definition) is 4. The first kappa shape index (κ1) is 19.0. The summed E-state index contributed by atoms with van der Waals surface area (Å²) in [6, 6.07) is 11.1. The van der Waals surface area contributed by atoms with Crippen LogP contribution < -0.4 is 4.90 Å². The maximum absolute atomic E-state index is 12.7. The zero-order chi connectivity index (χ0) is 18.7. The van der Waals surface area contributed by atoms with Gasteiger partial charge in [-0.1, -0.05) is 35.3 Å². The molecule has 3 rings (SSSR count). The standard InChI is InChI=1S/C20H22Cl2N2O2/c1-20(2,14-4-3-5-15(21)12-14)19(25)26-17-8-10-24(11-9-17)18-7-6-16(22)13-23-18/h3-7,12-13,17H,8-11H2,1-2H3. The number of pyridine rings is 1. The highest BCUT2D eigenvalue weighted by atomic mass is 35.5. The molecule has 1 aliphatic rings. The number of nitrogens with zero attached hydrogens (tertiary/aromatic N) is 2. The minimum Gasteiger partial charge on any atom is -0.462 e. The number of halogens is 2. The molecule has 0 radical (unpaired) electrons. The van der Waals surface area contributed by atoms with Gasteiger partial charge in [0.25, 0.3) is 0 Å². The van der Waals surface area contributed by atoms with Gasteiger partial charge in [0.1, 0.15) is 11.9 Å². The van der Waals surface area contributed by atoms with E-state index in [9.17, 15) is 4.79 Å².